The number of carbonyl (C=O) groups excluding carboxylic acids is 2. The zero-order valence-electron chi connectivity index (χ0n) is 13.1. The number of hydrogen-bond acceptors (Lipinski definition) is 3. The zero-order chi connectivity index (χ0) is 15.3. The maximum atomic E-state index is 11.9. The van der Waals surface area contributed by atoms with Gasteiger partial charge in [0, 0.05) is 32.0 Å². The Hall–Kier alpha value is -1.10. The van der Waals surface area contributed by atoms with Gasteiger partial charge in [0.05, 0.1) is 6.10 Å². The SMILES string of the molecule is CN(CC1CC(O)C1)C(=O)CCCNC(=O)C(C)(C)C. The van der Waals surface area contributed by atoms with Gasteiger partial charge in [-0.05, 0) is 25.2 Å². The Kier molecular flexibility index (Phi) is 5.99. The molecule has 0 atom stereocenters. The first-order valence-corrected chi connectivity index (χ1v) is 7.40. The van der Waals surface area contributed by atoms with E-state index in [4.69, 9.17) is 0 Å². The van der Waals surface area contributed by atoms with Crippen LogP contribution in [0.25, 0.3) is 0 Å². The molecule has 0 aromatic rings. The van der Waals surface area contributed by atoms with Crippen LogP contribution in [0.3, 0.4) is 0 Å². The molecular weight excluding hydrogens is 256 g/mol. The topological polar surface area (TPSA) is 69.6 Å². The molecule has 0 saturated heterocycles. The van der Waals surface area contributed by atoms with Gasteiger partial charge in [-0.2, -0.15) is 0 Å². The number of hydrogen-bond donors (Lipinski definition) is 2. The maximum Gasteiger partial charge on any atom is 0.225 e. The minimum absolute atomic E-state index is 0.0155. The van der Waals surface area contributed by atoms with Crippen molar-refractivity contribution in [3.05, 3.63) is 0 Å². The third kappa shape index (κ3) is 5.49. The molecule has 0 heterocycles. The molecule has 1 rings (SSSR count). The van der Waals surface area contributed by atoms with Gasteiger partial charge in [0.25, 0.3) is 0 Å². The number of amides is 2. The lowest BCUT2D eigenvalue weighted by atomic mass is 9.82. The molecule has 1 saturated carbocycles. The van der Waals surface area contributed by atoms with Gasteiger partial charge in [-0.3, -0.25) is 9.59 Å². The van der Waals surface area contributed by atoms with Crippen molar-refractivity contribution in [2.75, 3.05) is 20.1 Å². The van der Waals surface area contributed by atoms with Gasteiger partial charge in [0.15, 0.2) is 0 Å². The van der Waals surface area contributed by atoms with E-state index in [1.165, 1.54) is 0 Å². The predicted molar refractivity (Wildman–Crippen MR) is 78.1 cm³/mol. The van der Waals surface area contributed by atoms with Crippen LogP contribution in [0.4, 0.5) is 0 Å². The molecule has 0 unspecified atom stereocenters. The summed E-state index contributed by atoms with van der Waals surface area (Å²) in [5.74, 6) is 0.567. The van der Waals surface area contributed by atoms with E-state index in [2.05, 4.69) is 5.32 Å². The largest absolute Gasteiger partial charge is 0.393 e. The zero-order valence-corrected chi connectivity index (χ0v) is 13.1. The summed E-state index contributed by atoms with van der Waals surface area (Å²) in [7, 11) is 1.81. The summed E-state index contributed by atoms with van der Waals surface area (Å²) in [6.07, 6.45) is 2.56. The molecule has 0 bridgehead atoms. The second kappa shape index (κ2) is 7.07. The number of carbonyl (C=O) groups is 2. The van der Waals surface area contributed by atoms with Crippen LogP contribution in [0.1, 0.15) is 46.5 Å². The standard InChI is InChI=1S/C15H28N2O3/c1-15(2,3)14(20)16-7-5-6-13(19)17(4)10-11-8-12(18)9-11/h11-12,18H,5-10H2,1-4H3,(H,16,20). The van der Waals surface area contributed by atoms with Crippen molar-refractivity contribution >= 4 is 11.8 Å². The van der Waals surface area contributed by atoms with Crippen molar-refractivity contribution < 1.29 is 14.7 Å². The van der Waals surface area contributed by atoms with E-state index in [1.807, 2.05) is 20.8 Å². The molecule has 0 aliphatic heterocycles. The average molecular weight is 284 g/mol. The lowest BCUT2D eigenvalue weighted by Crippen LogP contribution is -2.40. The first-order valence-electron chi connectivity index (χ1n) is 7.40. The normalized spacial score (nSPS) is 22.1. The molecule has 0 spiro atoms. The summed E-state index contributed by atoms with van der Waals surface area (Å²) in [6, 6.07) is 0. The van der Waals surface area contributed by atoms with Gasteiger partial charge >= 0.3 is 0 Å². The molecule has 20 heavy (non-hydrogen) atoms. The Morgan fingerprint density at radius 1 is 1.30 bits per heavy atom. The number of aliphatic hydroxyl groups is 1. The van der Waals surface area contributed by atoms with E-state index >= 15 is 0 Å². The summed E-state index contributed by atoms with van der Waals surface area (Å²) in [5, 5.41) is 12.1. The third-order valence-corrected chi connectivity index (χ3v) is 3.70. The Morgan fingerprint density at radius 3 is 2.40 bits per heavy atom. The molecule has 5 nitrogen and oxygen atoms in total. The van der Waals surface area contributed by atoms with Crippen LogP contribution in [-0.2, 0) is 9.59 Å². The highest BCUT2D eigenvalue weighted by molar-refractivity contribution is 5.81. The molecular formula is C15H28N2O3. The Balaban J connectivity index is 2.12. The van der Waals surface area contributed by atoms with E-state index in [-0.39, 0.29) is 23.3 Å². The third-order valence-electron chi connectivity index (χ3n) is 3.70. The van der Waals surface area contributed by atoms with Gasteiger partial charge in [0.1, 0.15) is 0 Å². The lowest BCUT2D eigenvalue weighted by molar-refractivity contribution is -0.132. The second-order valence-corrected chi connectivity index (χ2v) is 6.87. The van der Waals surface area contributed by atoms with Gasteiger partial charge in [0.2, 0.25) is 11.8 Å². The van der Waals surface area contributed by atoms with Gasteiger partial charge in [-0.25, -0.2) is 0 Å². The summed E-state index contributed by atoms with van der Waals surface area (Å²) in [6.45, 7) is 6.87. The van der Waals surface area contributed by atoms with E-state index in [9.17, 15) is 14.7 Å². The van der Waals surface area contributed by atoms with Crippen molar-refractivity contribution in [1.82, 2.24) is 10.2 Å². The molecule has 1 aliphatic carbocycles. The molecule has 0 radical (unpaired) electrons. The van der Waals surface area contributed by atoms with Gasteiger partial charge < -0.3 is 15.3 Å². The highest BCUT2D eigenvalue weighted by Gasteiger charge is 2.28. The van der Waals surface area contributed by atoms with Gasteiger partial charge in [-0.1, -0.05) is 20.8 Å². The molecule has 1 aliphatic rings. The Morgan fingerprint density at radius 2 is 1.90 bits per heavy atom. The monoisotopic (exact) mass is 284 g/mol. The summed E-state index contributed by atoms with van der Waals surface area (Å²) in [5.41, 5.74) is -0.383. The highest BCUT2D eigenvalue weighted by Crippen LogP contribution is 2.27. The van der Waals surface area contributed by atoms with Crippen LogP contribution < -0.4 is 5.32 Å². The fourth-order valence-electron chi connectivity index (χ4n) is 2.24. The molecule has 2 N–H and O–H groups in total. The molecule has 116 valence electrons. The van der Waals surface area contributed by atoms with E-state index in [0.29, 0.717) is 25.3 Å². The van der Waals surface area contributed by atoms with Crippen molar-refractivity contribution in [3.8, 4) is 0 Å². The molecule has 0 aromatic carbocycles. The van der Waals surface area contributed by atoms with Crippen molar-refractivity contribution in [2.45, 2.75) is 52.6 Å². The van der Waals surface area contributed by atoms with Gasteiger partial charge in [-0.15, -0.1) is 0 Å². The molecule has 1 fully saturated rings. The van der Waals surface area contributed by atoms with Crippen LogP contribution in [0, 0.1) is 11.3 Å². The molecule has 0 aromatic heterocycles. The van der Waals surface area contributed by atoms with E-state index in [0.717, 1.165) is 19.4 Å². The first-order chi connectivity index (χ1) is 9.20. The second-order valence-electron chi connectivity index (χ2n) is 6.87. The van der Waals surface area contributed by atoms with E-state index < -0.39 is 0 Å². The van der Waals surface area contributed by atoms with Crippen molar-refractivity contribution in [2.24, 2.45) is 11.3 Å². The van der Waals surface area contributed by atoms with Crippen LogP contribution in [-0.4, -0.2) is 48.1 Å². The number of rotatable bonds is 6. The Labute approximate surface area is 121 Å². The minimum atomic E-state index is -0.383. The smallest absolute Gasteiger partial charge is 0.225 e. The van der Waals surface area contributed by atoms with Crippen molar-refractivity contribution in [1.29, 1.82) is 0 Å². The van der Waals surface area contributed by atoms with E-state index in [1.54, 1.807) is 11.9 Å². The average Bonchev–Trinajstić information content (AvgIpc) is 2.30. The Bertz CT molecular complexity index is 344. The van der Waals surface area contributed by atoms with Crippen LogP contribution in [0.5, 0.6) is 0 Å². The quantitative estimate of drug-likeness (QED) is 0.719. The van der Waals surface area contributed by atoms with Crippen LogP contribution in [0.15, 0.2) is 0 Å². The number of nitrogens with zero attached hydrogens (tertiary/aromatic N) is 1. The first kappa shape index (κ1) is 17.0. The lowest BCUT2D eigenvalue weighted by Gasteiger charge is -2.34. The maximum absolute atomic E-state index is 11.9. The summed E-state index contributed by atoms with van der Waals surface area (Å²) in [4.78, 5) is 25.3. The highest BCUT2D eigenvalue weighted by atomic mass is 16.3. The summed E-state index contributed by atoms with van der Waals surface area (Å²) < 4.78 is 0. The molecule has 5 heteroatoms. The van der Waals surface area contributed by atoms with Crippen LogP contribution >= 0.6 is 0 Å². The van der Waals surface area contributed by atoms with Crippen LogP contribution in [0.2, 0.25) is 0 Å². The number of aliphatic hydroxyl groups excluding tert-OH is 1. The predicted octanol–water partition coefficient (Wildman–Crippen LogP) is 1.16. The fraction of sp³-hybridized carbons (Fsp3) is 0.867. The minimum Gasteiger partial charge on any atom is -0.393 e. The number of nitrogens with one attached hydrogen (secondary N) is 1. The summed E-state index contributed by atoms with van der Waals surface area (Å²) >= 11 is 0. The fourth-order valence-corrected chi connectivity index (χ4v) is 2.24. The molecule has 2 amide bonds. The van der Waals surface area contributed by atoms with Crippen molar-refractivity contribution in [3.63, 3.8) is 0 Å².